The molecule has 2 aromatic carbocycles. The highest BCUT2D eigenvalue weighted by atomic mass is 35.5. The number of halogens is 3. The molecule has 0 spiro atoms. The third-order valence-corrected chi connectivity index (χ3v) is 5.83. The lowest BCUT2D eigenvalue weighted by atomic mass is 9.96. The van der Waals surface area contributed by atoms with Crippen LogP contribution in [0.15, 0.2) is 30.5 Å². The third-order valence-electron chi connectivity index (χ3n) is 5.17. The van der Waals surface area contributed by atoms with E-state index in [0.717, 1.165) is 6.20 Å². The molecule has 1 atom stereocenters. The van der Waals surface area contributed by atoms with E-state index in [-0.39, 0.29) is 32.8 Å². The first-order chi connectivity index (χ1) is 16.1. The van der Waals surface area contributed by atoms with Gasteiger partial charge in [-0.2, -0.15) is 9.65 Å². The molecule has 0 amide bonds. The number of anilines is 1. The zero-order chi connectivity index (χ0) is 25.2. The number of pyridine rings is 1. The Balaban J connectivity index is 2.06. The van der Waals surface area contributed by atoms with Gasteiger partial charge >= 0.3 is 0 Å². The molecule has 10 heteroatoms. The van der Waals surface area contributed by atoms with Gasteiger partial charge in [-0.25, -0.2) is 4.98 Å². The Morgan fingerprint density at radius 3 is 2.50 bits per heavy atom. The fourth-order valence-corrected chi connectivity index (χ4v) is 4.20. The zero-order valence-corrected chi connectivity index (χ0v) is 20.3. The summed E-state index contributed by atoms with van der Waals surface area (Å²) in [6.45, 7) is 3.42. The first-order valence-corrected chi connectivity index (χ1v) is 10.7. The van der Waals surface area contributed by atoms with Gasteiger partial charge in [0.05, 0.1) is 30.5 Å². The highest BCUT2D eigenvalue weighted by molar-refractivity contribution is 6.35. The number of rotatable bonds is 7. The molecule has 34 heavy (non-hydrogen) atoms. The van der Waals surface area contributed by atoms with Crippen LogP contribution in [0.5, 0.6) is 17.2 Å². The Morgan fingerprint density at radius 1 is 1.18 bits per heavy atom. The molecule has 0 saturated carbocycles. The summed E-state index contributed by atoms with van der Waals surface area (Å²) in [4.78, 5) is 3.49. The number of methoxy groups -OCH3 is 2. The fourth-order valence-electron chi connectivity index (χ4n) is 3.55. The Bertz CT molecular complexity index is 1320. The van der Waals surface area contributed by atoms with E-state index in [1.807, 2.05) is 0 Å². The molecule has 0 bridgehead atoms. The lowest BCUT2D eigenvalue weighted by Gasteiger charge is -2.21. The first-order valence-electron chi connectivity index (χ1n) is 9.94. The number of nitrogen functional groups attached to an aromatic ring is 1. The van der Waals surface area contributed by atoms with Crippen molar-refractivity contribution in [1.29, 1.82) is 10.7 Å². The minimum atomic E-state index is -0.869. The molecule has 3 rings (SSSR count). The first kappa shape index (κ1) is 25.1. The van der Waals surface area contributed by atoms with Gasteiger partial charge in [0.15, 0.2) is 11.5 Å². The molecular formula is C24H21Cl2FN4O3. The normalized spacial score (nSPS) is 11.5. The van der Waals surface area contributed by atoms with E-state index >= 15 is 0 Å². The van der Waals surface area contributed by atoms with Crippen LogP contribution in [0.2, 0.25) is 10.0 Å². The third kappa shape index (κ3) is 4.72. The van der Waals surface area contributed by atoms with Gasteiger partial charge in [0.2, 0.25) is 5.95 Å². The highest BCUT2D eigenvalue weighted by Gasteiger charge is 2.23. The van der Waals surface area contributed by atoms with E-state index in [1.165, 1.54) is 26.4 Å². The van der Waals surface area contributed by atoms with E-state index in [4.69, 9.17) is 48.6 Å². The van der Waals surface area contributed by atoms with Crippen LogP contribution in [-0.2, 0) is 0 Å². The number of benzene rings is 2. The summed E-state index contributed by atoms with van der Waals surface area (Å²) in [5.74, 6) is 0.106. The number of nitrogens with zero attached hydrogens (tertiary/aromatic N) is 2. The summed E-state index contributed by atoms with van der Waals surface area (Å²) in [6, 6.07) is 8.42. The topological polar surface area (TPSA) is 114 Å². The second-order valence-electron chi connectivity index (χ2n) is 7.34. The lowest BCUT2D eigenvalue weighted by Crippen LogP contribution is -2.11. The van der Waals surface area contributed by atoms with Crippen LogP contribution in [0, 0.1) is 29.6 Å². The van der Waals surface area contributed by atoms with Crippen LogP contribution < -0.4 is 19.9 Å². The predicted molar refractivity (Wildman–Crippen MR) is 129 cm³/mol. The largest absolute Gasteiger partial charge is 0.495 e. The van der Waals surface area contributed by atoms with Crippen LogP contribution in [0.3, 0.4) is 0 Å². The van der Waals surface area contributed by atoms with Crippen molar-refractivity contribution in [2.75, 3.05) is 20.0 Å². The Kier molecular flexibility index (Phi) is 7.50. The Hall–Kier alpha value is -3.54. The molecule has 176 valence electrons. The van der Waals surface area contributed by atoms with Gasteiger partial charge in [0.25, 0.3) is 0 Å². The Labute approximate surface area is 206 Å². The minimum Gasteiger partial charge on any atom is -0.495 e. The molecule has 0 aliphatic heterocycles. The van der Waals surface area contributed by atoms with Crippen molar-refractivity contribution in [2.45, 2.75) is 20.0 Å². The van der Waals surface area contributed by atoms with Gasteiger partial charge in [-0.3, -0.25) is 5.41 Å². The van der Waals surface area contributed by atoms with Gasteiger partial charge in [-0.05, 0) is 37.6 Å². The summed E-state index contributed by atoms with van der Waals surface area (Å²) < 4.78 is 30.6. The van der Waals surface area contributed by atoms with Gasteiger partial charge in [0.1, 0.15) is 22.9 Å². The van der Waals surface area contributed by atoms with Crippen molar-refractivity contribution < 1.29 is 18.6 Å². The van der Waals surface area contributed by atoms with Crippen LogP contribution in [0.4, 0.5) is 10.1 Å². The molecule has 0 aliphatic rings. The molecular weight excluding hydrogens is 482 g/mol. The van der Waals surface area contributed by atoms with E-state index in [0.29, 0.717) is 33.8 Å². The molecule has 7 nitrogen and oxygen atoms in total. The monoisotopic (exact) mass is 502 g/mol. The molecule has 0 fully saturated rings. The van der Waals surface area contributed by atoms with Crippen molar-refractivity contribution in [2.24, 2.45) is 0 Å². The van der Waals surface area contributed by atoms with E-state index in [1.54, 1.807) is 26.0 Å². The molecule has 0 unspecified atom stereocenters. The molecule has 1 aromatic heterocycles. The van der Waals surface area contributed by atoms with Crippen molar-refractivity contribution in [3.63, 3.8) is 0 Å². The smallest absolute Gasteiger partial charge is 0.232 e. The average molecular weight is 503 g/mol. The van der Waals surface area contributed by atoms with E-state index in [2.05, 4.69) is 11.1 Å². The number of nitriles is 1. The van der Waals surface area contributed by atoms with Gasteiger partial charge in [0, 0.05) is 34.6 Å². The second-order valence-corrected chi connectivity index (χ2v) is 8.12. The average Bonchev–Trinajstić information content (AvgIpc) is 2.81. The van der Waals surface area contributed by atoms with Crippen molar-refractivity contribution in [3.05, 3.63) is 74.3 Å². The zero-order valence-electron chi connectivity index (χ0n) is 18.8. The number of ether oxygens (including phenoxy) is 3. The standard InChI is InChI=1S/C24H21Cl2FN4O3/c1-11-5-13(6-14(9-28)23(11)33-4)22(30)15-7-19(18(32-3)8-17(15)29)34-12(2)20-16(25)10-31-24(27)21(20)26/h5-8,10,12,30H,29H2,1-4H3/t12-/m1/s1. The quantitative estimate of drug-likeness (QED) is 0.237. The molecule has 0 radical (unpaired) electrons. The number of hydrogen-bond acceptors (Lipinski definition) is 7. The number of nitrogens with one attached hydrogen (secondary N) is 1. The maximum atomic E-state index is 13.9. The summed E-state index contributed by atoms with van der Waals surface area (Å²) in [7, 11) is 2.92. The predicted octanol–water partition coefficient (Wildman–Crippen LogP) is 5.86. The lowest BCUT2D eigenvalue weighted by molar-refractivity contribution is 0.215. The summed E-state index contributed by atoms with van der Waals surface area (Å²) in [6.07, 6.45) is 0.364. The number of hydrogen-bond donors (Lipinski definition) is 2. The summed E-state index contributed by atoms with van der Waals surface area (Å²) >= 11 is 12.2. The molecule has 3 N–H and O–H groups in total. The van der Waals surface area contributed by atoms with Crippen LogP contribution in [-0.4, -0.2) is 24.9 Å². The molecule has 1 heterocycles. The van der Waals surface area contributed by atoms with Crippen molar-refractivity contribution >= 4 is 34.6 Å². The molecule has 0 aliphatic carbocycles. The van der Waals surface area contributed by atoms with Crippen LogP contribution in [0.1, 0.15) is 40.8 Å². The molecule has 3 aromatic rings. The molecule has 0 saturated heterocycles. The van der Waals surface area contributed by atoms with Crippen molar-refractivity contribution in [1.82, 2.24) is 4.98 Å². The van der Waals surface area contributed by atoms with Crippen LogP contribution in [0.25, 0.3) is 0 Å². The highest BCUT2D eigenvalue weighted by Crippen LogP contribution is 2.39. The maximum absolute atomic E-state index is 13.9. The SMILES string of the molecule is COc1cc(N)c(C(=N)c2cc(C)c(OC)c(C#N)c2)cc1O[C@H](C)c1c(Cl)cnc(F)c1Cl. The van der Waals surface area contributed by atoms with Crippen LogP contribution >= 0.6 is 23.2 Å². The van der Waals surface area contributed by atoms with E-state index < -0.39 is 12.1 Å². The van der Waals surface area contributed by atoms with E-state index in [9.17, 15) is 9.65 Å². The summed E-state index contributed by atoms with van der Waals surface area (Å²) in [5, 5.41) is 18.1. The van der Waals surface area contributed by atoms with Gasteiger partial charge < -0.3 is 19.9 Å². The number of nitrogens with two attached hydrogens (primary N) is 1. The maximum Gasteiger partial charge on any atom is 0.232 e. The summed E-state index contributed by atoms with van der Waals surface area (Å²) in [5.41, 5.74) is 8.56. The van der Waals surface area contributed by atoms with Gasteiger partial charge in [-0.15, -0.1) is 0 Å². The number of aryl methyl sites for hydroxylation is 1. The van der Waals surface area contributed by atoms with Gasteiger partial charge in [-0.1, -0.05) is 23.2 Å². The number of aromatic nitrogens is 1. The van der Waals surface area contributed by atoms with Crippen molar-refractivity contribution in [3.8, 4) is 23.3 Å². The second kappa shape index (κ2) is 10.2. The minimum absolute atomic E-state index is 0.0610. The Morgan fingerprint density at radius 2 is 1.88 bits per heavy atom. The fraction of sp³-hybridized carbons (Fsp3) is 0.208.